The summed E-state index contributed by atoms with van der Waals surface area (Å²) in [5, 5.41) is 10.3. The molecule has 0 unspecified atom stereocenters. The number of alkyl halides is 1. The highest BCUT2D eigenvalue weighted by atomic mass is 19.2. The Labute approximate surface area is 151 Å². The number of aliphatic hydroxyl groups excluding tert-OH is 1. The summed E-state index contributed by atoms with van der Waals surface area (Å²) in [5.74, 6) is -3.50. The van der Waals surface area contributed by atoms with Crippen molar-refractivity contribution < 1.29 is 28.5 Å². The maximum Gasteiger partial charge on any atom is 0.338 e. The molecule has 0 amide bonds. The Balaban J connectivity index is 1.80. The second kappa shape index (κ2) is 7.43. The molecule has 2 N–H and O–H groups in total. The van der Waals surface area contributed by atoms with Crippen LogP contribution >= 0.6 is 0 Å². The molecular weight excluding hydrogens is 363 g/mol. The Morgan fingerprint density at radius 1 is 1.33 bits per heavy atom. The number of aromatic nitrogens is 2. The van der Waals surface area contributed by atoms with E-state index in [0.717, 1.165) is 23.9 Å². The van der Waals surface area contributed by atoms with Gasteiger partial charge in [0.05, 0.1) is 5.56 Å². The second-order valence-corrected chi connectivity index (χ2v) is 5.90. The lowest BCUT2D eigenvalue weighted by Gasteiger charge is -2.24. The first-order chi connectivity index (χ1) is 12.9. The molecule has 0 saturated carbocycles. The van der Waals surface area contributed by atoms with E-state index >= 15 is 4.39 Å². The predicted octanol–water partition coefficient (Wildman–Crippen LogP) is -0.0359. The molecule has 27 heavy (non-hydrogen) atoms. The van der Waals surface area contributed by atoms with Crippen LogP contribution in [0.4, 0.5) is 4.39 Å². The number of aromatic amines is 1. The summed E-state index contributed by atoms with van der Waals surface area (Å²) in [4.78, 5) is 37.1. The summed E-state index contributed by atoms with van der Waals surface area (Å²) in [7, 11) is 1.14. The van der Waals surface area contributed by atoms with E-state index in [1.165, 1.54) is 12.1 Å². The van der Waals surface area contributed by atoms with Crippen LogP contribution in [0.1, 0.15) is 16.6 Å². The molecular formula is C17H17FN2O7. The average molecular weight is 380 g/mol. The minimum Gasteiger partial charge on any atom is -0.456 e. The van der Waals surface area contributed by atoms with Gasteiger partial charge in [-0.2, -0.15) is 0 Å². The van der Waals surface area contributed by atoms with Gasteiger partial charge in [0.25, 0.3) is 11.4 Å². The molecule has 9 nitrogen and oxygen atoms in total. The molecule has 1 aliphatic heterocycles. The number of ether oxygens (including phenoxy) is 3. The molecule has 2 heterocycles. The molecule has 144 valence electrons. The molecule has 1 saturated heterocycles. The van der Waals surface area contributed by atoms with E-state index in [1.807, 2.05) is 4.98 Å². The highest BCUT2D eigenvalue weighted by molar-refractivity contribution is 5.89. The van der Waals surface area contributed by atoms with E-state index in [1.54, 1.807) is 18.2 Å². The zero-order valence-electron chi connectivity index (χ0n) is 14.2. The van der Waals surface area contributed by atoms with Crippen molar-refractivity contribution in [2.75, 3.05) is 13.7 Å². The van der Waals surface area contributed by atoms with Crippen LogP contribution in [-0.4, -0.2) is 52.4 Å². The van der Waals surface area contributed by atoms with Gasteiger partial charge in [0, 0.05) is 19.4 Å². The third-order valence-corrected chi connectivity index (χ3v) is 4.13. The zero-order chi connectivity index (χ0) is 19.6. The topological polar surface area (TPSA) is 120 Å². The lowest BCUT2D eigenvalue weighted by atomic mass is 10.1. The lowest BCUT2D eigenvalue weighted by Crippen LogP contribution is -2.45. The van der Waals surface area contributed by atoms with Gasteiger partial charge in [0.2, 0.25) is 0 Å². The fourth-order valence-corrected chi connectivity index (χ4v) is 2.84. The monoisotopic (exact) mass is 380 g/mol. The Kier molecular flexibility index (Phi) is 5.22. The molecule has 0 spiro atoms. The van der Waals surface area contributed by atoms with Crippen LogP contribution < -0.4 is 11.2 Å². The zero-order valence-corrected chi connectivity index (χ0v) is 14.2. The van der Waals surface area contributed by atoms with Crippen LogP contribution in [0, 0.1) is 0 Å². The van der Waals surface area contributed by atoms with Crippen molar-refractivity contribution >= 4 is 5.97 Å². The van der Waals surface area contributed by atoms with Crippen molar-refractivity contribution in [3.63, 3.8) is 0 Å². The lowest BCUT2D eigenvalue weighted by molar-refractivity contribution is -0.212. The third-order valence-electron chi connectivity index (χ3n) is 4.13. The van der Waals surface area contributed by atoms with Gasteiger partial charge in [0.1, 0.15) is 12.2 Å². The van der Waals surface area contributed by atoms with Crippen molar-refractivity contribution in [1.29, 1.82) is 0 Å². The Morgan fingerprint density at radius 3 is 2.67 bits per heavy atom. The van der Waals surface area contributed by atoms with Crippen molar-refractivity contribution in [3.05, 3.63) is 69.0 Å². The molecule has 0 radical (unpaired) electrons. The summed E-state index contributed by atoms with van der Waals surface area (Å²) in [5.41, 5.74) is -1.34. The van der Waals surface area contributed by atoms with E-state index < -0.39 is 48.1 Å². The van der Waals surface area contributed by atoms with Gasteiger partial charge >= 0.3 is 11.7 Å². The number of carbonyl (C=O) groups is 1. The number of aliphatic hydroxyl groups is 1. The van der Waals surface area contributed by atoms with Gasteiger partial charge in [-0.15, -0.1) is 0 Å². The summed E-state index contributed by atoms with van der Waals surface area (Å²) >= 11 is 0. The number of H-pyrrole nitrogens is 1. The quantitative estimate of drug-likeness (QED) is 0.699. The molecule has 0 aliphatic carbocycles. The number of hydrogen-bond donors (Lipinski definition) is 2. The van der Waals surface area contributed by atoms with Crippen LogP contribution in [0.2, 0.25) is 0 Å². The van der Waals surface area contributed by atoms with Crippen LogP contribution in [0.15, 0.2) is 52.2 Å². The Morgan fingerprint density at radius 2 is 2.04 bits per heavy atom. The van der Waals surface area contributed by atoms with Gasteiger partial charge < -0.3 is 19.3 Å². The number of esters is 1. The molecule has 2 aromatic rings. The highest BCUT2D eigenvalue weighted by Crippen LogP contribution is 2.39. The van der Waals surface area contributed by atoms with E-state index in [0.29, 0.717) is 0 Å². The van der Waals surface area contributed by atoms with Crippen LogP contribution in [-0.2, 0) is 14.2 Å². The normalized spacial score (nSPS) is 27.4. The Hall–Kier alpha value is -2.82. The van der Waals surface area contributed by atoms with Gasteiger partial charge in [-0.3, -0.25) is 14.3 Å². The van der Waals surface area contributed by atoms with Crippen molar-refractivity contribution in [2.24, 2.45) is 0 Å². The smallest absolute Gasteiger partial charge is 0.338 e. The first kappa shape index (κ1) is 19.0. The average Bonchev–Trinajstić information content (AvgIpc) is 2.91. The van der Waals surface area contributed by atoms with E-state index in [4.69, 9.17) is 14.2 Å². The number of benzene rings is 1. The van der Waals surface area contributed by atoms with Gasteiger partial charge in [0.15, 0.2) is 12.8 Å². The minimum atomic E-state index is -2.71. The molecule has 4 atom stereocenters. The van der Waals surface area contributed by atoms with Crippen molar-refractivity contribution in [1.82, 2.24) is 9.55 Å². The van der Waals surface area contributed by atoms with E-state index in [9.17, 15) is 19.5 Å². The van der Waals surface area contributed by atoms with Crippen molar-refractivity contribution in [3.8, 4) is 0 Å². The predicted molar refractivity (Wildman–Crippen MR) is 88.8 cm³/mol. The molecule has 1 aromatic carbocycles. The standard InChI is InChI=1S/C17H17FN2O7/c1-25-13-12(22)14(20-8-7-11(21)19-16(20)24)27-17(13,18)9-26-15(23)10-5-3-2-4-6-10/h2-8,12-14,22H,9H2,1H3,(H,19,21,24)/t12-,13-,14+,17+/m0/s1. The molecule has 3 rings (SSSR count). The number of nitrogens with one attached hydrogen (secondary N) is 1. The van der Waals surface area contributed by atoms with Crippen molar-refractivity contribution in [2.45, 2.75) is 24.3 Å². The van der Waals surface area contributed by atoms with Gasteiger partial charge in [-0.25, -0.2) is 14.0 Å². The molecule has 1 aliphatic rings. The summed E-state index contributed by atoms with van der Waals surface area (Å²) in [6.45, 7) is -0.870. The number of methoxy groups -OCH3 is 1. The summed E-state index contributed by atoms with van der Waals surface area (Å²) in [6, 6.07) is 8.95. The van der Waals surface area contributed by atoms with E-state index in [-0.39, 0.29) is 5.56 Å². The highest BCUT2D eigenvalue weighted by Gasteiger charge is 2.58. The maximum absolute atomic E-state index is 15.3. The van der Waals surface area contributed by atoms with E-state index in [2.05, 4.69) is 0 Å². The van der Waals surface area contributed by atoms with Gasteiger partial charge in [-0.1, -0.05) is 18.2 Å². The maximum atomic E-state index is 15.3. The van der Waals surface area contributed by atoms with Crippen LogP contribution in [0.5, 0.6) is 0 Å². The first-order valence-electron chi connectivity index (χ1n) is 7.97. The number of hydrogen-bond acceptors (Lipinski definition) is 7. The fraction of sp³-hybridized carbons (Fsp3) is 0.353. The SMILES string of the molecule is CO[C@H]1[C@H](O)[C@H](n2ccc(=O)[nH]c2=O)O[C@]1(F)COC(=O)c1ccccc1. The minimum absolute atomic E-state index is 0.210. The van der Waals surface area contributed by atoms with Gasteiger partial charge in [-0.05, 0) is 12.1 Å². The summed E-state index contributed by atoms with van der Waals surface area (Å²) in [6.07, 6.45) is -3.56. The Bertz CT molecular complexity index is 929. The third kappa shape index (κ3) is 3.68. The molecule has 1 fully saturated rings. The summed E-state index contributed by atoms with van der Waals surface area (Å²) < 4.78 is 31.2. The van der Waals surface area contributed by atoms with Crippen LogP contribution in [0.3, 0.4) is 0 Å². The number of rotatable bonds is 5. The molecule has 0 bridgehead atoms. The first-order valence-corrected chi connectivity index (χ1v) is 7.97. The molecule has 1 aromatic heterocycles. The second-order valence-electron chi connectivity index (χ2n) is 5.90. The van der Waals surface area contributed by atoms with Crippen LogP contribution in [0.25, 0.3) is 0 Å². The fourth-order valence-electron chi connectivity index (χ4n) is 2.84. The number of halogens is 1. The number of nitrogens with zero attached hydrogens (tertiary/aromatic N) is 1. The largest absolute Gasteiger partial charge is 0.456 e. The number of carbonyl (C=O) groups excluding carboxylic acids is 1. The molecule has 10 heteroatoms.